The van der Waals surface area contributed by atoms with Crippen molar-refractivity contribution in [3.8, 4) is 0 Å². The van der Waals surface area contributed by atoms with Crippen molar-refractivity contribution in [1.82, 2.24) is 9.78 Å². The fourth-order valence-electron chi connectivity index (χ4n) is 4.39. The smallest absolute Gasteiger partial charge is 0.241 e. The molecule has 0 radical (unpaired) electrons. The molecule has 5 rings (SSSR count). The summed E-state index contributed by atoms with van der Waals surface area (Å²) < 4.78 is 7.28. The first-order valence-corrected chi connectivity index (χ1v) is 9.78. The highest BCUT2D eigenvalue weighted by Gasteiger charge is 2.63. The molecule has 1 aromatic heterocycles. The third-order valence-electron chi connectivity index (χ3n) is 5.58. The Bertz CT molecular complexity index is 928. The Kier molecular flexibility index (Phi) is 4.02. The van der Waals surface area contributed by atoms with Gasteiger partial charge in [-0.15, -0.1) is 0 Å². The summed E-state index contributed by atoms with van der Waals surface area (Å²) in [4.78, 5) is 26.9. The van der Waals surface area contributed by atoms with E-state index in [1.807, 2.05) is 0 Å². The van der Waals surface area contributed by atoms with Gasteiger partial charge >= 0.3 is 0 Å². The molecule has 0 spiro atoms. The second kappa shape index (κ2) is 6.21. The van der Waals surface area contributed by atoms with Gasteiger partial charge in [0.2, 0.25) is 11.8 Å². The number of nitrogens with zero attached hydrogens (tertiary/aromatic N) is 3. The van der Waals surface area contributed by atoms with E-state index >= 15 is 0 Å². The number of amides is 2. The Morgan fingerprint density at radius 1 is 1.00 bits per heavy atom. The largest absolute Gasteiger partial charge is 0.373 e. The van der Waals surface area contributed by atoms with Gasteiger partial charge in [0, 0.05) is 21.8 Å². The van der Waals surface area contributed by atoms with Crippen LogP contribution in [-0.4, -0.2) is 33.8 Å². The molecule has 2 aromatic rings. The molecule has 4 heterocycles. The molecule has 27 heavy (non-hydrogen) atoms. The SMILES string of the molecule is O=C1[C@@H]2[C@H](C(=O)N1c1nn(Cc3c(Cl)cccc3Cl)cc1Cl)[C@H]1CC[C@H]2O1. The van der Waals surface area contributed by atoms with E-state index in [9.17, 15) is 9.59 Å². The molecule has 1 aromatic carbocycles. The van der Waals surface area contributed by atoms with Gasteiger partial charge in [0.1, 0.15) is 5.02 Å². The van der Waals surface area contributed by atoms with Gasteiger partial charge < -0.3 is 4.74 Å². The van der Waals surface area contributed by atoms with Crippen LogP contribution in [0.2, 0.25) is 15.1 Å². The number of benzene rings is 1. The fraction of sp³-hybridized carbons (Fsp3) is 0.389. The van der Waals surface area contributed by atoms with Gasteiger partial charge in [-0.05, 0) is 25.0 Å². The van der Waals surface area contributed by atoms with Crippen LogP contribution < -0.4 is 4.90 Å². The molecule has 3 aliphatic heterocycles. The molecular weight excluding hydrogens is 413 g/mol. The van der Waals surface area contributed by atoms with Gasteiger partial charge in [-0.25, -0.2) is 4.90 Å². The van der Waals surface area contributed by atoms with Gasteiger partial charge in [0.25, 0.3) is 0 Å². The van der Waals surface area contributed by atoms with Crippen LogP contribution in [0.5, 0.6) is 0 Å². The molecule has 2 bridgehead atoms. The number of ether oxygens (including phenoxy) is 1. The summed E-state index contributed by atoms with van der Waals surface area (Å²) in [6.45, 7) is 0.273. The van der Waals surface area contributed by atoms with E-state index in [0.717, 1.165) is 17.7 Å². The molecule has 0 unspecified atom stereocenters. The number of halogens is 3. The van der Waals surface area contributed by atoms with Gasteiger partial charge in [-0.1, -0.05) is 40.9 Å². The lowest BCUT2D eigenvalue weighted by atomic mass is 9.81. The van der Waals surface area contributed by atoms with Crippen molar-refractivity contribution in [3.05, 3.63) is 45.0 Å². The number of rotatable bonds is 3. The topological polar surface area (TPSA) is 64.4 Å². The van der Waals surface area contributed by atoms with Crippen LogP contribution in [0.15, 0.2) is 24.4 Å². The maximum atomic E-state index is 12.9. The second-order valence-corrected chi connectivity index (χ2v) is 8.27. The average Bonchev–Trinajstić information content (AvgIpc) is 3.36. The van der Waals surface area contributed by atoms with Gasteiger partial charge in [0.15, 0.2) is 5.82 Å². The highest BCUT2D eigenvalue weighted by atomic mass is 35.5. The summed E-state index contributed by atoms with van der Waals surface area (Å²) in [5.41, 5.74) is 0.689. The van der Waals surface area contributed by atoms with Crippen molar-refractivity contribution >= 4 is 52.4 Å². The predicted octanol–water partition coefficient (Wildman–Crippen LogP) is 3.56. The normalized spacial score (nSPS) is 29.1. The van der Waals surface area contributed by atoms with Gasteiger partial charge in [0.05, 0.1) is 30.6 Å². The van der Waals surface area contributed by atoms with Crippen molar-refractivity contribution in [2.45, 2.75) is 31.6 Å². The molecule has 3 aliphatic rings. The summed E-state index contributed by atoms with van der Waals surface area (Å²) in [5, 5.41) is 5.62. The zero-order valence-corrected chi connectivity index (χ0v) is 16.2. The number of carbonyl (C=O) groups excluding carboxylic acids is 2. The zero-order chi connectivity index (χ0) is 18.9. The summed E-state index contributed by atoms with van der Waals surface area (Å²) in [6, 6.07) is 5.23. The lowest BCUT2D eigenvalue weighted by Gasteiger charge is -2.15. The van der Waals surface area contributed by atoms with E-state index in [-0.39, 0.29) is 41.4 Å². The quantitative estimate of drug-likeness (QED) is 0.704. The van der Waals surface area contributed by atoms with Crippen molar-refractivity contribution in [2.24, 2.45) is 11.8 Å². The number of hydrogen-bond acceptors (Lipinski definition) is 4. The lowest BCUT2D eigenvalue weighted by molar-refractivity contribution is -0.124. The summed E-state index contributed by atoms with van der Waals surface area (Å²) in [7, 11) is 0. The number of imide groups is 1. The van der Waals surface area contributed by atoms with E-state index in [1.54, 1.807) is 24.4 Å². The molecule has 0 N–H and O–H groups in total. The Hall–Kier alpha value is -1.60. The first-order valence-electron chi connectivity index (χ1n) is 8.65. The number of aromatic nitrogens is 2. The molecular formula is C18H14Cl3N3O3. The first-order chi connectivity index (χ1) is 13.0. The fourth-order valence-corrected chi connectivity index (χ4v) is 5.14. The van der Waals surface area contributed by atoms with Crippen molar-refractivity contribution in [2.75, 3.05) is 4.90 Å². The van der Waals surface area contributed by atoms with Crippen LogP contribution in [0.3, 0.4) is 0 Å². The number of fused-ring (bicyclic) bond motifs is 5. The second-order valence-electron chi connectivity index (χ2n) is 7.05. The van der Waals surface area contributed by atoms with Crippen molar-refractivity contribution in [1.29, 1.82) is 0 Å². The Morgan fingerprint density at radius 2 is 1.59 bits per heavy atom. The minimum absolute atomic E-state index is 0.156. The van der Waals surface area contributed by atoms with Gasteiger partial charge in [-0.3, -0.25) is 14.3 Å². The highest BCUT2D eigenvalue weighted by molar-refractivity contribution is 6.36. The Balaban J connectivity index is 1.47. The summed E-state index contributed by atoms with van der Waals surface area (Å²) in [5.74, 6) is -1.24. The maximum absolute atomic E-state index is 12.9. The molecule has 6 nitrogen and oxygen atoms in total. The van der Waals surface area contributed by atoms with Crippen LogP contribution in [0, 0.1) is 11.8 Å². The van der Waals surface area contributed by atoms with E-state index in [0.29, 0.717) is 15.6 Å². The first kappa shape index (κ1) is 17.5. The standard InChI is InChI=1S/C18H14Cl3N3O3/c19-9-2-1-3-10(20)8(9)6-23-7-11(21)16(22-23)24-17(25)14-12-4-5-13(27-12)15(14)18(24)26/h1-3,7,12-15H,4-6H2/t12-,13-,14-,15+/m1/s1. The van der Waals surface area contributed by atoms with Gasteiger partial charge in [-0.2, -0.15) is 5.10 Å². The van der Waals surface area contributed by atoms with E-state index in [4.69, 9.17) is 39.5 Å². The number of anilines is 1. The Labute approximate surface area is 169 Å². The molecule has 9 heteroatoms. The molecule has 0 saturated carbocycles. The van der Waals surface area contributed by atoms with Crippen LogP contribution in [-0.2, 0) is 20.9 Å². The molecule has 2 amide bonds. The summed E-state index contributed by atoms with van der Waals surface area (Å²) >= 11 is 18.7. The van der Waals surface area contributed by atoms with Crippen molar-refractivity contribution < 1.29 is 14.3 Å². The number of hydrogen-bond donors (Lipinski definition) is 0. The highest BCUT2D eigenvalue weighted by Crippen LogP contribution is 2.49. The molecule has 4 atom stereocenters. The average molecular weight is 427 g/mol. The van der Waals surface area contributed by atoms with Crippen LogP contribution in [0.1, 0.15) is 18.4 Å². The molecule has 3 fully saturated rings. The number of carbonyl (C=O) groups is 2. The zero-order valence-electron chi connectivity index (χ0n) is 13.9. The minimum atomic E-state index is -0.421. The molecule has 140 valence electrons. The minimum Gasteiger partial charge on any atom is -0.373 e. The predicted molar refractivity (Wildman–Crippen MR) is 100 cm³/mol. The van der Waals surface area contributed by atoms with E-state index < -0.39 is 11.8 Å². The monoisotopic (exact) mass is 425 g/mol. The molecule has 3 saturated heterocycles. The van der Waals surface area contributed by atoms with Crippen LogP contribution >= 0.6 is 34.8 Å². The lowest BCUT2D eigenvalue weighted by Crippen LogP contribution is -2.34. The van der Waals surface area contributed by atoms with E-state index in [2.05, 4.69) is 5.10 Å². The third-order valence-corrected chi connectivity index (χ3v) is 6.55. The summed E-state index contributed by atoms with van der Waals surface area (Å²) in [6.07, 6.45) is 2.84. The van der Waals surface area contributed by atoms with Crippen LogP contribution in [0.4, 0.5) is 5.82 Å². The maximum Gasteiger partial charge on any atom is 0.241 e. The third kappa shape index (κ3) is 2.54. The van der Waals surface area contributed by atoms with Crippen LogP contribution in [0.25, 0.3) is 0 Å². The molecule has 0 aliphatic carbocycles. The Morgan fingerprint density at radius 3 is 2.19 bits per heavy atom. The van der Waals surface area contributed by atoms with E-state index in [1.165, 1.54) is 4.68 Å². The van der Waals surface area contributed by atoms with Crippen molar-refractivity contribution in [3.63, 3.8) is 0 Å².